The minimum atomic E-state index is 0.0930. The Bertz CT molecular complexity index is 578. The van der Waals surface area contributed by atoms with Crippen LogP contribution in [-0.4, -0.2) is 22.1 Å². The lowest BCUT2D eigenvalue weighted by molar-refractivity contribution is 0.380. The molecule has 0 atom stereocenters. The van der Waals surface area contributed by atoms with Crippen LogP contribution in [0.4, 0.5) is 17.6 Å². The summed E-state index contributed by atoms with van der Waals surface area (Å²) in [4.78, 5) is 11.8. The summed E-state index contributed by atoms with van der Waals surface area (Å²) in [6.07, 6.45) is 0. The lowest BCUT2D eigenvalue weighted by Crippen LogP contribution is -2.05. The number of hydrogen-bond acceptors (Lipinski definition) is 6. The standard InChI is InChI=1S/C10H9Br2N5O/c1-18-10-16-8(13)15-9(17-10)14-7-4-5(11)2-3-6(7)12/h2-4H,1H3,(H3,13,14,15,16,17). The molecule has 0 spiro atoms. The van der Waals surface area contributed by atoms with Crippen molar-refractivity contribution < 1.29 is 4.74 Å². The Morgan fingerprint density at radius 1 is 1.22 bits per heavy atom. The van der Waals surface area contributed by atoms with Gasteiger partial charge < -0.3 is 15.8 Å². The molecule has 1 aromatic carbocycles. The lowest BCUT2D eigenvalue weighted by Gasteiger charge is -2.08. The number of anilines is 3. The minimum Gasteiger partial charge on any atom is -0.467 e. The maximum Gasteiger partial charge on any atom is 0.322 e. The van der Waals surface area contributed by atoms with Gasteiger partial charge in [-0.15, -0.1) is 0 Å². The van der Waals surface area contributed by atoms with Crippen LogP contribution < -0.4 is 15.8 Å². The number of ether oxygens (including phenoxy) is 1. The van der Waals surface area contributed by atoms with Crippen LogP contribution >= 0.6 is 31.9 Å². The molecule has 1 heterocycles. The van der Waals surface area contributed by atoms with Crippen LogP contribution in [0.2, 0.25) is 0 Å². The molecule has 0 amide bonds. The number of aromatic nitrogens is 3. The Morgan fingerprint density at radius 2 is 2.00 bits per heavy atom. The van der Waals surface area contributed by atoms with Crippen molar-refractivity contribution in [2.75, 3.05) is 18.2 Å². The van der Waals surface area contributed by atoms with Crippen molar-refractivity contribution in [1.29, 1.82) is 0 Å². The lowest BCUT2D eigenvalue weighted by atomic mass is 10.3. The van der Waals surface area contributed by atoms with E-state index in [-0.39, 0.29) is 12.0 Å². The molecule has 0 aliphatic rings. The van der Waals surface area contributed by atoms with Gasteiger partial charge in [0, 0.05) is 8.95 Å². The van der Waals surface area contributed by atoms with Crippen molar-refractivity contribution in [3.63, 3.8) is 0 Å². The van der Waals surface area contributed by atoms with Crippen LogP contribution in [0.3, 0.4) is 0 Å². The summed E-state index contributed by atoms with van der Waals surface area (Å²) in [5.41, 5.74) is 6.36. The van der Waals surface area contributed by atoms with Crippen LogP contribution in [0.1, 0.15) is 0 Å². The van der Waals surface area contributed by atoms with Crippen LogP contribution in [0.25, 0.3) is 0 Å². The third-order valence-corrected chi connectivity index (χ3v) is 3.17. The van der Waals surface area contributed by atoms with Gasteiger partial charge >= 0.3 is 6.01 Å². The zero-order valence-corrected chi connectivity index (χ0v) is 12.5. The zero-order valence-electron chi connectivity index (χ0n) is 9.32. The number of halogens is 2. The van der Waals surface area contributed by atoms with E-state index in [1.165, 1.54) is 7.11 Å². The molecule has 0 fully saturated rings. The molecule has 0 saturated carbocycles. The Kier molecular flexibility index (Phi) is 3.97. The molecule has 0 bridgehead atoms. The van der Waals surface area contributed by atoms with Crippen molar-refractivity contribution in [2.45, 2.75) is 0 Å². The average molecular weight is 375 g/mol. The van der Waals surface area contributed by atoms with Gasteiger partial charge in [0.2, 0.25) is 11.9 Å². The van der Waals surface area contributed by atoms with E-state index >= 15 is 0 Å². The fourth-order valence-electron chi connectivity index (χ4n) is 1.23. The predicted octanol–water partition coefficient (Wildman–Crippen LogP) is 2.73. The van der Waals surface area contributed by atoms with Crippen LogP contribution in [0.15, 0.2) is 27.1 Å². The molecule has 0 unspecified atom stereocenters. The molecule has 8 heteroatoms. The summed E-state index contributed by atoms with van der Waals surface area (Å²) >= 11 is 6.81. The van der Waals surface area contributed by atoms with Gasteiger partial charge in [0.1, 0.15) is 0 Å². The van der Waals surface area contributed by atoms with Crippen LogP contribution in [0.5, 0.6) is 6.01 Å². The Morgan fingerprint density at radius 3 is 2.72 bits per heavy atom. The average Bonchev–Trinajstić information content (AvgIpc) is 2.33. The smallest absolute Gasteiger partial charge is 0.322 e. The van der Waals surface area contributed by atoms with E-state index in [2.05, 4.69) is 52.1 Å². The monoisotopic (exact) mass is 373 g/mol. The van der Waals surface area contributed by atoms with E-state index in [0.717, 1.165) is 14.6 Å². The van der Waals surface area contributed by atoms with Crippen LogP contribution in [0, 0.1) is 0 Å². The van der Waals surface area contributed by atoms with Gasteiger partial charge in [-0.3, -0.25) is 0 Å². The van der Waals surface area contributed by atoms with Crippen molar-refractivity contribution >= 4 is 49.4 Å². The Labute approximate surface area is 120 Å². The fraction of sp³-hybridized carbons (Fsp3) is 0.100. The largest absolute Gasteiger partial charge is 0.467 e. The summed E-state index contributed by atoms with van der Waals surface area (Å²) in [6, 6.07) is 5.86. The van der Waals surface area contributed by atoms with E-state index in [9.17, 15) is 0 Å². The minimum absolute atomic E-state index is 0.0930. The maximum atomic E-state index is 5.55. The summed E-state index contributed by atoms with van der Waals surface area (Å²) in [6.45, 7) is 0. The van der Waals surface area contributed by atoms with Gasteiger partial charge in [-0.1, -0.05) is 15.9 Å². The highest BCUT2D eigenvalue weighted by Gasteiger charge is 2.07. The first kappa shape index (κ1) is 13.0. The van der Waals surface area contributed by atoms with Crippen LogP contribution in [-0.2, 0) is 0 Å². The SMILES string of the molecule is COc1nc(N)nc(Nc2cc(Br)ccc2Br)n1. The molecule has 0 radical (unpaired) electrons. The number of nitrogens with two attached hydrogens (primary N) is 1. The number of nitrogens with one attached hydrogen (secondary N) is 1. The second kappa shape index (κ2) is 5.49. The molecule has 2 aromatic rings. The number of rotatable bonds is 3. The number of benzene rings is 1. The quantitative estimate of drug-likeness (QED) is 0.858. The first-order chi connectivity index (χ1) is 8.58. The molecule has 0 saturated heterocycles. The van der Waals surface area contributed by atoms with Crippen molar-refractivity contribution in [2.24, 2.45) is 0 Å². The molecule has 0 aliphatic heterocycles. The first-order valence-corrected chi connectivity index (χ1v) is 6.44. The van der Waals surface area contributed by atoms with Crippen molar-refractivity contribution in [3.8, 4) is 6.01 Å². The number of methoxy groups -OCH3 is 1. The van der Waals surface area contributed by atoms with Gasteiger partial charge in [0.05, 0.1) is 12.8 Å². The van der Waals surface area contributed by atoms with E-state index in [1.54, 1.807) is 0 Å². The summed E-state index contributed by atoms with van der Waals surface area (Å²) in [7, 11) is 1.47. The summed E-state index contributed by atoms with van der Waals surface area (Å²) < 4.78 is 6.74. The third-order valence-electron chi connectivity index (χ3n) is 1.99. The first-order valence-electron chi connectivity index (χ1n) is 4.86. The van der Waals surface area contributed by atoms with E-state index in [4.69, 9.17) is 10.5 Å². The van der Waals surface area contributed by atoms with Gasteiger partial charge in [-0.25, -0.2) is 0 Å². The molecule has 18 heavy (non-hydrogen) atoms. The molecule has 0 aliphatic carbocycles. The highest BCUT2D eigenvalue weighted by molar-refractivity contribution is 9.11. The fourth-order valence-corrected chi connectivity index (χ4v) is 1.94. The van der Waals surface area contributed by atoms with Crippen molar-refractivity contribution in [3.05, 3.63) is 27.1 Å². The molecular weight excluding hydrogens is 366 g/mol. The van der Waals surface area contributed by atoms with Gasteiger partial charge in [0.15, 0.2) is 0 Å². The van der Waals surface area contributed by atoms with E-state index in [0.29, 0.717) is 5.95 Å². The molecule has 6 nitrogen and oxygen atoms in total. The second-order valence-electron chi connectivity index (χ2n) is 3.25. The molecular formula is C10H9Br2N5O. The second-order valence-corrected chi connectivity index (χ2v) is 5.02. The third kappa shape index (κ3) is 3.08. The van der Waals surface area contributed by atoms with E-state index < -0.39 is 0 Å². The predicted molar refractivity (Wildman–Crippen MR) is 75.9 cm³/mol. The highest BCUT2D eigenvalue weighted by atomic mass is 79.9. The molecule has 3 N–H and O–H groups in total. The number of nitrogens with zero attached hydrogens (tertiary/aromatic N) is 3. The molecule has 94 valence electrons. The molecule has 1 aromatic heterocycles. The van der Waals surface area contributed by atoms with E-state index in [1.807, 2.05) is 18.2 Å². The van der Waals surface area contributed by atoms with Gasteiger partial charge in [-0.05, 0) is 34.1 Å². The molecule has 2 rings (SSSR count). The Balaban J connectivity index is 2.33. The zero-order chi connectivity index (χ0) is 13.1. The normalized spacial score (nSPS) is 10.2. The summed E-state index contributed by atoms with van der Waals surface area (Å²) in [5.74, 6) is 0.411. The number of hydrogen-bond donors (Lipinski definition) is 2. The summed E-state index contributed by atoms with van der Waals surface area (Å²) in [5, 5.41) is 3.03. The number of nitrogen functional groups attached to an aromatic ring is 1. The highest BCUT2D eigenvalue weighted by Crippen LogP contribution is 2.28. The van der Waals surface area contributed by atoms with Gasteiger partial charge in [-0.2, -0.15) is 15.0 Å². The Hall–Kier alpha value is -1.41. The van der Waals surface area contributed by atoms with Crippen molar-refractivity contribution in [1.82, 2.24) is 15.0 Å². The maximum absolute atomic E-state index is 5.55. The van der Waals surface area contributed by atoms with Gasteiger partial charge in [0.25, 0.3) is 0 Å². The topological polar surface area (TPSA) is 86.0 Å².